The van der Waals surface area contributed by atoms with E-state index in [0.717, 1.165) is 5.69 Å². The van der Waals surface area contributed by atoms with Gasteiger partial charge in [-0.1, -0.05) is 11.6 Å². The Kier molecular flexibility index (Phi) is 2.42. The first kappa shape index (κ1) is 9.46. The van der Waals surface area contributed by atoms with Crippen molar-refractivity contribution in [3.05, 3.63) is 29.0 Å². The van der Waals surface area contributed by atoms with E-state index < -0.39 is 5.82 Å². The highest BCUT2D eigenvalue weighted by Gasteiger charge is 2.19. The molecule has 2 rings (SSSR count). The first-order valence-corrected chi connectivity index (χ1v) is 4.76. The second-order valence-electron chi connectivity index (χ2n) is 3.31. The number of hydrogen-bond donors (Lipinski definition) is 0. The van der Waals surface area contributed by atoms with Crippen molar-refractivity contribution in [2.75, 3.05) is 18.0 Å². The van der Waals surface area contributed by atoms with Gasteiger partial charge in [0.2, 0.25) is 0 Å². The molecular weight excluding hydrogens is 205 g/mol. The lowest BCUT2D eigenvalue weighted by Crippen LogP contribution is -2.19. The molecule has 0 amide bonds. The van der Waals surface area contributed by atoms with E-state index in [1.165, 1.54) is 6.07 Å². The Morgan fingerprint density at radius 2 is 2.21 bits per heavy atom. The summed E-state index contributed by atoms with van der Waals surface area (Å²) in [5.74, 6) is -0.216. The van der Waals surface area contributed by atoms with Gasteiger partial charge >= 0.3 is 0 Å². The zero-order chi connectivity index (χ0) is 10.1. The van der Waals surface area contributed by atoms with Gasteiger partial charge in [0, 0.05) is 18.7 Å². The van der Waals surface area contributed by atoms with E-state index in [9.17, 15) is 9.18 Å². The van der Waals surface area contributed by atoms with Gasteiger partial charge in [-0.05, 0) is 18.2 Å². The standard InChI is InChI=1S/C10H9ClFNO/c11-9-5-7(1-2-10(9)12)13-4-3-8(14)6-13/h1-2,5H,3-4,6H2. The molecule has 1 heterocycles. The highest BCUT2D eigenvalue weighted by molar-refractivity contribution is 6.31. The minimum atomic E-state index is -0.430. The number of carbonyl (C=O) groups is 1. The Morgan fingerprint density at radius 3 is 2.79 bits per heavy atom. The van der Waals surface area contributed by atoms with Crippen molar-refractivity contribution in [3.8, 4) is 0 Å². The van der Waals surface area contributed by atoms with Crippen LogP contribution in [0, 0.1) is 5.82 Å². The molecule has 1 aromatic carbocycles. The summed E-state index contributed by atoms with van der Waals surface area (Å²) in [7, 11) is 0. The number of rotatable bonds is 1. The molecule has 1 aliphatic heterocycles. The number of ketones is 1. The quantitative estimate of drug-likeness (QED) is 0.713. The molecule has 0 spiro atoms. The van der Waals surface area contributed by atoms with Crippen molar-refractivity contribution < 1.29 is 9.18 Å². The summed E-state index contributed by atoms with van der Waals surface area (Å²) in [5, 5.41) is 0.0989. The molecular formula is C10H9ClFNO. The van der Waals surface area contributed by atoms with E-state index in [4.69, 9.17) is 11.6 Å². The number of Topliss-reactive ketones (excluding diaryl/α,β-unsaturated/α-hetero) is 1. The van der Waals surface area contributed by atoms with Crippen molar-refractivity contribution in [3.63, 3.8) is 0 Å². The molecule has 4 heteroatoms. The highest BCUT2D eigenvalue weighted by Crippen LogP contribution is 2.24. The topological polar surface area (TPSA) is 20.3 Å². The fraction of sp³-hybridized carbons (Fsp3) is 0.300. The Bertz CT molecular complexity index is 380. The lowest BCUT2D eigenvalue weighted by Gasteiger charge is -2.16. The van der Waals surface area contributed by atoms with Crippen LogP contribution in [0.1, 0.15) is 6.42 Å². The van der Waals surface area contributed by atoms with Gasteiger partial charge < -0.3 is 4.90 Å². The Hall–Kier alpha value is -1.09. The largest absolute Gasteiger partial charge is 0.364 e. The predicted octanol–water partition coefficient (Wildman–Crippen LogP) is 2.26. The van der Waals surface area contributed by atoms with E-state index in [0.29, 0.717) is 19.5 Å². The van der Waals surface area contributed by atoms with Gasteiger partial charge in [0.1, 0.15) is 5.82 Å². The van der Waals surface area contributed by atoms with Crippen molar-refractivity contribution >= 4 is 23.1 Å². The molecule has 0 radical (unpaired) electrons. The summed E-state index contributed by atoms with van der Waals surface area (Å²) in [4.78, 5) is 12.9. The van der Waals surface area contributed by atoms with Gasteiger partial charge in [-0.3, -0.25) is 4.79 Å². The molecule has 1 fully saturated rings. The van der Waals surface area contributed by atoms with E-state index in [1.807, 2.05) is 4.90 Å². The molecule has 74 valence electrons. The SMILES string of the molecule is O=C1CCN(c2ccc(F)c(Cl)c2)C1. The van der Waals surface area contributed by atoms with Crippen molar-refractivity contribution in [1.82, 2.24) is 0 Å². The molecule has 2 nitrogen and oxygen atoms in total. The average Bonchev–Trinajstić information content (AvgIpc) is 2.57. The molecule has 1 aromatic rings. The number of nitrogens with zero attached hydrogens (tertiary/aromatic N) is 1. The molecule has 1 saturated heterocycles. The van der Waals surface area contributed by atoms with Crippen LogP contribution in [0.25, 0.3) is 0 Å². The van der Waals surface area contributed by atoms with Crippen LogP contribution < -0.4 is 4.90 Å². The summed E-state index contributed by atoms with van der Waals surface area (Å²) in [6.45, 7) is 1.10. The summed E-state index contributed by atoms with van der Waals surface area (Å²) in [6, 6.07) is 4.51. The molecule has 0 aliphatic carbocycles. The first-order chi connectivity index (χ1) is 6.66. The van der Waals surface area contributed by atoms with Crippen LogP contribution in [0.5, 0.6) is 0 Å². The molecule has 0 bridgehead atoms. The molecule has 0 aromatic heterocycles. The average molecular weight is 214 g/mol. The first-order valence-electron chi connectivity index (χ1n) is 4.38. The minimum Gasteiger partial charge on any atom is -0.364 e. The highest BCUT2D eigenvalue weighted by atomic mass is 35.5. The van der Waals surface area contributed by atoms with Crippen LogP contribution in [0.15, 0.2) is 18.2 Å². The molecule has 0 atom stereocenters. The summed E-state index contributed by atoms with van der Waals surface area (Å²) < 4.78 is 12.8. The second kappa shape index (κ2) is 3.58. The molecule has 14 heavy (non-hydrogen) atoms. The maximum atomic E-state index is 12.8. The number of anilines is 1. The van der Waals surface area contributed by atoms with Crippen LogP contribution in [-0.4, -0.2) is 18.9 Å². The van der Waals surface area contributed by atoms with Gasteiger partial charge in [0.05, 0.1) is 11.6 Å². The number of halogens is 2. The summed E-state index contributed by atoms with van der Waals surface area (Å²) in [6.07, 6.45) is 0.564. The third-order valence-corrected chi connectivity index (χ3v) is 2.59. The molecule has 1 aliphatic rings. The Balaban J connectivity index is 2.24. The minimum absolute atomic E-state index is 0.0989. The lowest BCUT2D eigenvalue weighted by atomic mass is 10.3. The normalized spacial score (nSPS) is 16.4. The van der Waals surface area contributed by atoms with Crippen LogP contribution in [0.4, 0.5) is 10.1 Å². The van der Waals surface area contributed by atoms with Crippen LogP contribution in [-0.2, 0) is 4.79 Å². The zero-order valence-corrected chi connectivity index (χ0v) is 8.22. The predicted molar refractivity (Wildman–Crippen MR) is 53.2 cm³/mol. The monoisotopic (exact) mass is 213 g/mol. The summed E-state index contributed by atoms with van der Waals surface area (Å²) >= 11 is 5.64. The van der Waals surface area contributed by atoms with Crippen LogP contribution in [0.2, 0.25) is 5.02 Å². The van der Waals surface area contributed by atoms with E-state index >= 15 is 0 Å². The van der Waals surface area contributed by atoms with E-state index in [1.54, 1.807) is 12.1 Å². The van der Waals surface area contributed by atoms with Crippen molar-refractivity contribution in [2.24, 2.45) is 0 Å². The number of benzene rings is 1. The van der Waals surface area contributed by atoms with Crippen molar-refractivity contribution in [2.45, 2.75) is 6.42 Å². The fourth-order valence-corrected chi connectivity index (χ4v) is 1.71. The van der Waals surface area contributed by atoms with Crippen LogP contribution >= 0.6 is 11.6 Å². The molecule has 0 N–H and O–H groups in total. The molecule has 0 saturated carbocycles. The Morgan fingerprint density at radius 1 is 1.43 bits per heavy atom. The third-order valence-electron chi connectivity index (χ3n) is 2.30. The Labute approximate surface area is 86.3 Å². The van der Waals surface area contributed by atoms with Gasteiger partial charge in [-0.15, -0.1) is 0 Å². The fourth-order valence-electron chi connectivity index (χ4n) is 1.53. The van der Waals surface area contributed by atoms with Crippen molar-refractivity contribution in [1.29, 1.82) is 0 Å². The number of hydrogen-bond acceptors (Lipinski definition) is 2. The third kappa shape index (κ3) is 1.73. The maximum absolute atomic E-state index is 12.8. The smallest absolute Gasteiger partial charge is 0.153 e. The number of carbonyl (C=O) groups excluding carboxylic acids is 1. The van der Waals surface area contributed by atoms with Gasteiger partial charge in [0.25, 0.3) is 0 Å². The maximum Gasteiger partial charge on any atom is 0.153 e. The molecule has 0 unspecified atom stereocenters. The van der Waals surface area contributed by atoms with Gasteiger partial charge in [-0.25, -0.2) is 4.39 Å². The zero-order valence-electron chi connectivity index (χ0n) is 7.46. The van der Waals surface area contributed by atoms with Crippen LogP contribution in [0.3, 0.4) is 0 Å². The summed E-state index contributed by atoms with van der Waals surface area (Å²) in [5.41, 5.74) is 0.808. The lowest BCUT2D eigenvalue weighted by molar-refractivity contribution is -0.116. The van der Waals surface area contributed by atoms with E-state index in [2.05, 4.69) is 0 Å². The van der Waals surface area contributed by atoms with Gasteiger partial charge in [-0.2, -0.15) is 0 Å². The van der Waals surface area contributed by atoms with E-state index in [-0.39, 0.29) is 10.8 Å². The second-order valence-corrected chi connectivity index (χ2v) is 3.72. The van der Waals surface area contributed by atoms with Gasteiger partial charge in [0.15, 0.2) is 5.78 Å².